The maximum atomic E-state index is 8.85. The number of hydrogen-bond acceptors (Lipinski definition) is 2. The van der Waals surface area contributed by atoms with E-state index in [0.717, 1.165) is 12.8 Å². The van der Waals surface area contributed by atoms with Crippen molar-refractivity contribution in [2.45, 2.75) is 110 Å². The van der Waals surface area contributed by atoms with Crippen molar-refractivity contribution < 1.29 is 10.2 Å². The lowest BCUT2D eigenvalue weighted by Crippen LogP contribution is -1.97. The smallest absolute Gasteiger partial charge is 0.0512 e. The minimum atomic E-state index is -0.0955. The van der Waals surface area contributed by atoms with Gasteiger partial charge in [0, 0.05) is 6.61 Å². The molecule has 2 N–H and O–H groups in total. The van der Waals surface area contributed by atoms with Gasteiger partial charge in [-0.2, -0.15) is 0 Å². The summed E-state index contributed by atoms with van der Waals surface area (Å²) in [6.07, 6.45) is 16.3. The number of aliphatic hydroxyl groups excluding tert-OH is 2. The van der Waals surface area contributed by atoms with Gasteiger partial charge in [0.1, 0.15) is 0 Å². The lowest BCUT2D eigenvalue weighted by atomic mass is 10.1. The summed E-state index contributed by atoms with van der Waals surface area (Å²) < 4.78 is 0. The van der Waals surface area contributed by atoms with E-state index >= 15 is 0 Å². The molecule has 0 spiro atoms. The summed E-state index contributed by atoms with van der Waals surface area (Å²) >= 11 is 0. The van der Waals surface area contributed by atoms with E-state index in [0.29, 0.717) is 6.61 Å². The second-order valence-electron chi connectivity index (χ2n) is 5.90. The van der Waals surface area contributed by atoms with E-state index in [2.05, 4.69) is 13.8 Å². The van der Waals surface area contributed by atoms with E-state index in [-0.39, 0.29) is 6.10 Å². The first kappa shape index (κ1) is 22.2. The molecule has 0 saturated carbocycles. The van der Waals surface area contributed by atoms with Gasteiger partial charge in [-0.05, 0) is 19.8 Å². The van der Waals surface area contributed by atoms with Crippen LogP contribution in [0.2, 0.25) is 0 Å². The van der Waals surface area contributed by atoms with E-state index in [4.69, 9.17) is 10.2 Å². The molecule has 0 aromatic carbocycles. The molecule has 0 rings (SSSR count). The zero-order valence-corrected chi connectivity index (χ0v) is 14.4. The summed E-state index contributed by atoms with van der Waals surface area (Å²) in [4.78, 5) is 0. The van der Waals surface area contributed by atoms with Gasteiger partial charge in [-0.1, -0.05) is 84.5 Å². The van der Waals surface area contributed by atoms with E-state index in [1.54, 1.807) is 0 Å². The summed E-state index contributed by atoms with van der Waals surface area (Å²) in [6.45, 7) is 6.66. The van der Waals surface area contributed by atoms with Crippen LogP contribution in [0.4, 0.5) is 0 Å². The Kier molecular flexibility index (Phi) is 23.6. The highest BCUT2D eigenvalue weighted by Crippen LogP contribution is 2.07. The number of hydrogen-bond donors (Lipinski definition) is 2. The predicted octanol–water partition coefficient (Wildman–Crippen LogP) is 5.46. The summed E-state index contributed by atoms with van der Waals surface area (Å²) in [6, 6.07) is 0. The van der Waals surface area contributed by atoms with E-state index < -0.39 is 0 Å². The molecule has 0 heterocycles. The summed E-state index contributed by atoms with van der Waals surface area (Å²) in [5.41, 5.74) is 0. The van der Waals surface area contributed by atoms with E-state index in [1.807, 2.05) is 6.92 Å². The maximum absolute atomic E-state index is 8.85. The standard InChI is InChI=1S/C10H22O.C8H18O/c1-2-3-4-5-6-7-8-9-10-11;1-3-4-5-6-7-8(2)9/h11H,2-10H2,1H3;8-9H,3-7H2,1-2H3. The normalized spacial score (nSPS) is 11.8. The van der Waals surface area contributed by atoms with Crippen molar-refractivity contribution in [1.82, 2.24) is 0 Å². The first-order chi connectivity index (χ1) is 9.68. The molecular formula is C18H40O2. The third-order valence-corrected chi connectivity index (χ3v) is 3.49. The SMILES string of the molecule is CCCCCCC(C)O.CCCCCCCCCCO. The largest absolute Gasteiger partial charge is 0.396 e. The lowest BCUT2D eigenvalue weighted by molar-refractivity contribution is 0.180. The molecule has 2 nitrogen and oxygen atoms in total. The van der Waals surface area contributed by atoms with Gasteiger partial charge < -0.3 is 10.2 Å². The van der Waals surface area contributed by atoms with Crippen LogP contribution in [0.3, 0.4) is 0 Å². The van der Waals surface area contributed by atoms with Crippen LogP contribution in [0.15, 0.2) is 0 Å². The Bertz CT molecular complexity index is 138. The third kappa shape index (κ3) is 26.5. The molecule has 20 heavy (non-hydrogen) atoms. The van der Waals surface area contributed by atoms with Crippen molar-refractivity contribution in [2.75, 3.05) is 6.61 Å². The first-order valence-electron chi connectivity index (χ1n) is 8.97. The van der Waals surface area contributed by atoms with Gasteiger partial charge in [0.05, 0.1) is 6.10 Å². The van der Waals surface area contributed by atoms with Crippen LogP contribution in [0.5, 0.6) is 0 Å². The number of aliphatic hydroxyl groups is 2. The van der Waals surface area contributed by atoms with Crippen molar-refractivity contribution in [2.24, 2.45) is 0 Å². The molecule has 1 atom stereocenters. The zero-order chi connectivity index (χ0) is 15.5. The fourth-order valence-corrected chi connectivity index (χ4v) is 2.11. The molecule has 0 aliphatic heterocycles. The van der Waals surface area contributed by atoms with Crippen LogP contribution in [-0.2, 0) is 0 Å². The average molecular weight is 289 g/mol. The number of unbranched alkanes of at least 4 members (excludes halogenated alkanes) is 10. The molecule has 0 bridgehead atoms. The van der Waals surface area contributed by atoms with Gasteiger partial charge in [-0.15, -0.1) is 0 Å². The summed E-state index contributed by atoms with van der Waals surface area (Å²) in [7, 11) is 0. The highest BCUT2D eigenvalue weighted by molar-refractivity contribution is 4.47. The van der Waals surface area contributed by atoms with Gasteiger partial charge in [-0.3, -0.25) is 0 Å². The Labute approximate surface area is 128 Å². The molecule has 0 amide bonds. The van der Waals surface area contributed by atoms with Crippen LogP contribution in [0.1, 0.15) is 104 Å². The topological polar surface area (TPSA) is 40.5 Å². The summed E-state index contributed by atoms with van der Waals surface area (Å²) in [5.74, 6) is 0. The van der Waals surface area contributed by atoms with Crippen molar-refractivity contribution in [1.29, 1.82) is 0 Å². The molecule has 0 fully saturated rings. The molecule has 1 unspecified atom stereocenters. The minimum Gasteiger partial charge on any atom is -0.396 e. The quantitative estimate of drug-likeness (QED) is 0.442. The molecule has 0 aromatic heterocycles. The van der Waals surface area contributed by atoms with Gasteiger partial charge in [0.25, 0.3) is 0 Å². The predicted molar refractivity (Wildman–Crippen MR) is 90.1 cm³/mol. The van der Waals surface area contributed by atoms with Crippen LogP contribution in [0, 0.1) is 0 Å². The van der Waals surface area contributed by atoms with Crippen molar-refractivity contribution in [3.8, 4) is 0 Å². The maximum Gasteiger partial charge on any atom is 0.0512 e. The fraction of sp³-hybridized carbons (Fsp3) is 1.00. The zero-order valence-electron chi connectivity index (χ0n) is 14.4. The van der Waals surface area contributed by atoms with Gasteiger partial charge in [-0.25, -0.2) is 0 Å². The molecule has 124 valence electrons. The van der Waals surface area contributed by atoms with Crippen LogP contribution in [-0.4, -0.2) is 22.9 Å². The number of rotatable bonds is 13. The Morgan fingerprint density at radius 3 is 1.45 bits per heavy atom. The molecule has 0 saturated heterocycles. The molecule has 0 aliphatic rings. The van der Waals surface area contributed by atoms with E-state index in [1.165, 1.54) is 70.6 Å². The minimum absolute atomic E-state index is 0.0955. The van der Waals surface area contributed by atoms with Crippen LogP contribution in [0.25, 0.3) is 0 Å². The van der Waals surface area contributed by atoms with Crippen molar-refractivity contribution in [3.05, 3.63) is 0 Å². The van der Waals surface area contributed by atoms with Crippen molar-refractivity contribution >= 4 is 0 Å². The van der Waals surface area contributed by atoms with Gasteiger partial charge in [0.2, 0.25) is 0 Å². The first-order valence-corrected chi connectivity index (χ1v) is 8.97. The lowest BCUT2D eigenvalue weighted by Gasteiger charge is -2.01. The molecular weight excluding hydrogens is 248 g/mol. The second kappa shape index (κ2) is 21.2. The van der Waals surface area contributed by atoms with Gasteiger partial charge >= 0.3 is 0 Å². The molecule has 0 aromatic rings. The average Bonchev–Trinajstić information content (AvgIpc) is 2.43. The molecule has 0 radical (unpaired) electrons. The highest BCUT2D eigenvalue weighted by atomic mass is 16.3. The van der Waals surface area contributed by atoms with E-state index in [9.17, 15) is 0 Å². The Balaban J connectivity index is 0. The molecule has 2 heteroatoms. The van der Waals surface area contributed by atoms with Crippen molar-refractivity contribution in [3.63, 3.8) is 0 Å². The van der Waals surface area contributed by atoms with Crippen LogP contribution < -0.4 is 0 Å². The monoisotopic (exact) mass is 288 g/mol. The highest BCUT2D eigenvalue weighted by Gasteiger charge is 1.93. The fourth-order valence-electron chi connectivity index (χ4n) is 2.11. The third-order valence-electron chi connectivity index (χ3n) is 3.49. The van der Waals surface area contributed by atoms with Gasteiger partial charge in [0.15, 0.2) is 0 Å². The molecule has 0 aliphatic carbocycles. The second-order valence-corrected chi connectivity index (χ2v) is 5.90. The Morgan fingerprint density at radius 1 is 0.650 bits per heavy atom. The Hall–Kier alpha value is -0.0800. The Morgan fingerprint density at radius 2 is 1.05 bits per heavy atom. The van der Waals surface area contributed by atoms with Crippen LogP contribution >= 0.6 is 0 Å². The summed E-state index contributed by atoms with van der Waals surface area (Å²) in [5, 5.41) is 17.4.